The zero-order valence-corrected chi connectivity index (χ0v) is 17.2. The van der Waals surface area contributed by atoms with E-state index in [1.807, 2.05) is 12.1 Å². The van der Waals surface area contributed by atoms with E-state index in [-0.39, 0.29) is 16.7 Å². The third-order valence-corrected chi connectivity index (χ3v) is 6.62. The summed E-state index contributed by atoms with van der Waals surface area (Å²) in [5.74, 6) is 0.0898. The summed E-state index contributed by atoms with van der Waals surface area (Å²) in [7, 11) is -3.66. The van der Waals surface area contributed by atoms with Crippen molar-refractivity contribution in [3.05, 3.63) is 52.1 Å². The average Bonchev–Trinajstić information content (AvgIpc) is 2.64. The summed E-state index contributed by atoms with van der Waals surface area (Å²) < 4.78 is 28.5. The molecule has 0 unspecified atom stereocenters. The molecule has 0 spiro atoms. The normalized spacial score (nSPS) is 15.4. The van der Waals surface area contributed by atoms with Gasteiger partial charge in [-0.1, -0.05) is 19.3 Å². The Morgan fingerprint density at radius 3 is 2.08 bits per heavy atom. The van der Waals surface area contributed by atoms with Crippen LogP contribution in [-0.4, -0.2) is 14.3 Å². The van der Waals surface area contributed by atoms with Crippen LogP contribution in [0.5, 0.6) is 0 Å². The Kier molecular flexibility index (Phi) is 6.18. The molecule has 2 aromatic carbocycles. The molecule has 0 saturated heterocycles. The van der Waals surface area contributed by atoms with E-state index in [1.54, 1.807) is 24.3 Å². The fourth-order valence-corrected chi connectivity index (χ4v) is 4.48. The molecule has 138 valence electrons. The quantitative estimate of drug-likeness (QED) is 0.609. The third kappa shape index (κ3) is 4.97. The molecule has 0 bridgehead atoms. The first-order chi connectivity index (χ1) is 12.4. The maximum absolute atomic E-state index is 12.5. The van der Waals surface area contributed by atoms with E-state index in [1.165, 1.54) is 18.6 Å². The predicted octanol–water partition coefficient (Wildman–Crippen LogP) is 4.61. The minimum absolute atomic E-state index is 0.0253. The highest BCUT2D eigenvalue weighted by molar-refractivity contribution is 14.1. The van der Waals surface area contributed by atoms with Crippen LogP contribution >= 0.6 is 22.6 Å². The molecule has 0 radical (unpaired) electrons. The molecule has 7 heteroatoms. The predicted molar refractivity (Wildman–Crippen MR) is 112 cm³/mol. The molecule has 1 aliphatic rings. The molecule has 3 rings (SSSR count). The van der Waals surface area contributed by atoms with Gasteiger partial charge in [-0.25, -0.2) is 8.42 Å². The van der Waals surface area contributed by atoms with E-state index in [0.29, 0.717) is 11.4 Å². The molecule has 0 aromatic heterocycles. The van der Waals surface area contributed by atoms with Crippen LogP contribution in [0.1, 0.15) is 32.1 Å². The van der Waals surface area contributed by atoms with Gasteiger partial charge < -0.3 is 5.32 Å². The lowest BCUT2D eigenvalue weighted by Crippen LogP contribution is -2.24. The van der Waals surface area contributed by atoms with Crippen LogP contribution in [0.3, 0.4) is 0 Å². The maximum atomic E-state index is 12.5. The Labute approximate surface area is 167 Å². The Morgan fingerprint density at radius 1 is 0.885 bits per heavy atom. The van der Waals surface area contributed by atoms with Gasteiger partial charge in [-0.05, 0) is 84.0 Å². The first-order valence-electron chi connectivity index (χ1n) is 8.63. The number of anilines is 2. The fraction of sp³-hybridized carbons (Fsp3) is 0.316. The van der Waals surface area contributed by atoms with Crippen LogP contribution in [0, 0.1) is 9.49 Å². The summed E-state index contributed by atoms with van der Waals surface area (Å²) in [5.41, 5.74) is 1.13. The number of rotatable bonds is 5. The van der Waals surface area contributed by atoms with Gasteiger partial charge >= 0.3 is 0 Å². The minimum Gasteiger partial charge on any atom is -0.326 e. The molecule has 1 aliphatic carbocycles. The Morgan fingerprint density at radius 2 is 1.46 bits per heavy atom. The van der Waals surface area contributed by atoms with Crippen molar-refractivity contribution in [1.29, 1.82) is 0 Å². The van der Waals surface area contributed by atoms with Crippen molar-refractivity contribution in [2.75, 3.05) is 10.0 Å². The average molecular weight is 484 g/mol. The number of nitrogens with one attached hydrogen (secondary N) is 2. The topological polar surface area (TPSA) is 75.3 Å². The summed E-state index contributed by atoms with van der Waals surface area (Å²) in [6.07, 6.45) is 5.25. The van der Waals surface area contributed by atoms with Crippen LogP contribution in [0.2, 0.25) is 0 Å². The van der Waals surface area contributed by atoms with Crippen molar-refractivity contribution >= 4 is 49.9 Å². The van der Waals surface area contributed by atoms with E-state index in [0.717, 1.165) is 29.3 Å². The minimum atomic E-state index is -3.66. The van der Waals surface area contributed by atoms with E-state index < -0.39 is 10.0 Å². The number of amides is 1. The van der Waals surface area contributed by atoms with Gasteiger partial charge in [0.2, 0.25) is 5.91 Å². The second kappa shape index (κ2) is 8.39. The number of halogens is 1. The van der Waals surface area contributed by atoms with E-state index in [4.69, 9.17) is 0 Å². The van der Waals surface area contributed by atoms with Gasteiger partial charge in [-0.2, -0.15) is 0 Å². The van der Waals surface area contributed by atoms with Gasteiger partial charge in [-0.3, -0.25) is 9.52 Å². The van der Waals surface area contributed by atoms with Gasteiger partial charge in [0, 0.05) is 20.9 Å². The van der Waals surface area contributed by atoms with Crippen LogP contribution < -0.4 is 10.0 Å². The van der Waals surface area contributed by atoms with Crippen molar-refractivity contribution in [2.24, 2.45) is 5.92 Å². The largest absolute Gasteiger partial charge is 0.326 e. The fourth-order valence-electron chi connectivity index (χ4n) is 3.06. The number of benzene rings is 2. The van der Waals surface area contributed by atoms with Gasteiger partial charge in [0.05, 0.1) is 4.90 Å². The van der Waals surface area contributed by atoms with Gasteiger partial charge in [0.1, 0.15) is 0 Å². The zero-order chi connectivity index (χ0) is 18.6. The molecular formula is C19H21IN2O3S. The van der Waals surface area contributed by atoms with E-state index >= 15 is 0 Å². The second-order valence-electron chi connectivity index (χ2n) is 6.46. The SMILES string of the molecule is O=C(Nc1ccc(S(=O)(=O)Nc2ccc(I)cc2)cc1)C1CCCCC1. The maximum Gasteiger partial charge on any atom is 0.261 e. The first kappa shape index (κ1) is 19.2. The summed E-state index contributed by atoms with van der Waals surface area (Å²) in [4.78, 5) is 12.4. The number of carbonyl (C=O) groups is 1. The highest BCUT2D eigenvalue weighted by atomic mass is 127. The van der Waals surface area contributed by atoms with Gasteiger partial charge in [0.25, 0.3) is 10.0 Å². The standard InChI is InChI=1S/C19H21IN2O3S/c20-15-6-8-17(9-7-15)22-26(24,25)18-12-10-16(11-13-18)21-19(23)14-4-2-1-3-5-14/h6-14,22H,1-5H2,(H,21,23). The second-order valence-corrected chi connectivity index (χ2v) is 9.39. The van der Waals surface area contributed by atoms with Gasteiger partial charge in [-0.15, -0.1) is 0 Å². The molecule has 5 nitrogen and oxygen atoms in total. The van der Waals surface area contributed by atoms with Crippen molar-refractivity contribution in [1.82, 2.24) is 0 Å². The number of sulfonamides is 1. The van der Waals surface area contributed by atoms with Crippen molar-refractivity contribution in [2.45, 2.75) is 37.0 Å². The highest BCUT2D eigenvalue weighted by Gasteiger charge is 2.21. The molecule has 1 fully saturated rings. The van der Waals surface area contributed by atoms with Crippen LogP contribution in [0.4, 0.5) is 11.4 Å². The van der Waals surface area contributed by atoms with Gasteiger partial charge in [0.15, 0.2) is 0 Å². The third-order valence-electron chi connectivity index (χ3n) is 4.50. The Balaban J connectivity index is 1.66. The summed E-state index contributed by atoms with van der Waals surface area (Å²) in [5, 5.41) is 2.89. The van der Waals surface area contributed by atoms with Crippen molar-refractivity contribution < 1.29 is 13.2 Å². The lowest BCUT2D eigenvalue weighted by Gasteiger charge is -2.20. The van der Waals surface area contributed by atoms with Crippen LogP contribution in [-0.2, 0) is 14.8 Å². The number of hydrogen-bond acceptors (Lipinski definition) is 3. The summed E-state index contributed by atoms with van der Waals surface area (Å²) in [6.45, 7) is 0. The molecule has 0 heterocycles. The van der Waals surface area contributed by atoms with E-state index in [9.17, 15) is 13.2 Å². The highest BCUT2D eigenvalue weighted by Crippen LogP contribution is 2.25. The lowest BCUT2D eigenvalue weighted by atomic mass is 9.88. The molecule has 1 saturated carbocycles. The molecule has 0 atom stereocenters. The smallest absolute Gasteiger partial charge is 0.261 e. The molecule has 2 N–H and O–H groups in total. The zero-order valence-electron chi connectivity index (χ0n) is 14.2. The van der Waals surface area contributed by atoms with Crippen molar-refractivity contribution in [3.63, 3.8) is 0 Å². The summed E-state index contributed by atoms with van der Waals surface area (Å²) >= 11 is 2.16. The van der Waals surface area contributed by atoms with Crippen molar-refractivity contribution in [3.8, 4) is 0 Å². The van der Waals surface area contributed by atoms with Crippen LogP contribution in [0.15, 0.2) is 53.4 Å². The molecule has 26 heavy (non-hydrogen) atoms. The lowest BCUT2D eigenvalue weighted by molar-refractivity contribution is -0.120. The monoisotopic (exact) mass is 484 g/mol. The van der Waals surface area contributed by atoms with Crippen LogP contribution in [0.25, 0.3) is 0 Å². The number of carbonyl (C=O) groups excluding carboxylic acids is 1. The molecule has 1 amide bonds. The van der Waals surface area contributed by atoms with E-state index in [2.05, 4.69) is 32.6 Å². The molecular weight excluding hydrogens is 463 g/mol. The molecule has 2 aromatic rings. The Bertz CT molecular complexity index is 859. The summed E-state index contributed by atoms with van der Waals surface area (Å²) in [6, 6.07) is 13.4. The number of hydrogen-bond donors (Lipinski definition) is 2. The molecule has 0 aliphatic heterocycles. The first-order valence-corrected chi connectivity index (χ1v) is 11.2. The Hall–Kier alpha value is -1.61.